The molecule has 88 valence electrons. The summed E-state index contributed by atoms with van der Waals surface area (Å²) >= 11 is 1.97. The fraction of sp³-hybridized carbons (Fsp3) is 0.0909. The van der Waals surface area contributed by atoms with E-state index >= 15 is 0 Å². The second kappa shape index (κ2) is 5.26. The normalized spacial score (nSPS) is 10.2. The maximum atomic E-state index is 12.9. The van der Waals surface area contributed by atoms with Gasteiger partial charge >= 0.3 is 0 Å². The molecule has 6 heteroatoms. The molecule has 1 N–H and O–H groups in total. The average molecular weight is 345 g/mol. The number of amides is 1. The number of aromatic nitrogens is 2. The van der Waals surface area contributed by atoms with Gasteiger partial charge in [0.05, 0.1) is 5.69 Å². The van der Waals surface area contributed by atoms with Gasteiger partial charge in [0.1, 0.15) is 12.4 Å². The molecule has 2 aromatic rings. The van der Waals surface area contributed by atoms with Crippen molar-refractivity contribution >= 4 is 34.2 Å². The van der Waals surface area contributed by atoms with Crippen LogP contribution in [0.3, 0.4) is 0 Å². The molecule has 0 bridgehead atoms. The van der Waals surface area contributed by atoms with Crippen molar-refractivity contribution in [3.05, 3.63) is 46.0 Å². The zero-order chi connectivity index (χ0) is 12.3. The van der Waals surface area contributed by atoms with E-state index in [-0.39, 0.29) is 18.3 Å². The van der Waals surface area contributed by atoms with Gasteiger partial charge in [0.2, 0.25) is 5.91 Å². The van der Waals surface area contributed by atoms with Crippen molar-refractivity contribution in [3.8, 4) is 0 Å². The summed E-state index contributed by atoms with van der Waals surface area (Å²) in [7, 11) is 0. The smallest absolute Gasteiger partial charge is 0.246 e. The van der Waals surface area contributed by atoms with E-state index < -0.39 is 0 Å². The van der Waals surface area contributed by atoms with E-state index in [4.69, 9.17) is 0 Å². The molecular formula is C11H9FIN3O. The Morgan fingerprint density at radius 2 is 2.35 bits per heavy atom. The van der Waals surface area contributed by atoms with E-state index in [0.29, 0.717) is 9.26 Å². The van der Waals surface area contributed by atoms with Crippen molar-refractivity contribution in [1.29, 1.82) is 0 Å². The number of halogens is 2. The van der Waals surface area contributed by atoms with Crippen LogP contribution in [0.15, 0.2) is 36.7 Å². The molecule has 1 aromatic carbocycles. The van der Waals surface area contributed by atoms with E-state index in [1.165, 1.54) is 22.9 Å². The predicted octanol–water partition coefficient (Wildman–Crippen LogP) is 2.27. The lowest BCUT2D eigenvalue weighted by molar-refractivity contribution is -0.116. The van der Waals surface area contributed by atoms with Crippen molar-refractivity contribution in [3.63, 3.8) is 0 Å². The molecule has 0 saturated heterocycles. The second-order valence-corrected chi connectivity index (χ2v) is 4.54. The summed E-state index contributed by atoms with van der Waals surface area (Å²) in [6.07, 6.45) is 3.31. The zero-order valence-corrected chi connectivity index (χ0v) is 10.9. The van der Waals surface area contributed by atoms with E-state index in [1.807, 2.05) is 22.6 Å². The Morgan fingerprint density at radius 1 is 1.53 bits per heavy atom. The van der Waals surface area contributed by atoms with Crippen LogP contribution >= 0.6 is 22.6 Å². The SMILES string of the molecule is O=C(Cn1cccn1)Nc1ccc(F)cc1I. The van der Waals surface area contributed by atoms with Gasteiger partial charge in [-0.15, -0.1) is 0 Å². The number of anilines is 1. The molecule has 0 aliphatic carbocycles. The molecule has 0 radical (unpaired) electrons. The van der Waals surface area contributed by atoms with Gasteiger partial charge < -0.3 is 5.32 Å². The highest BCUT2D eigenvalue weighted by molar-refractivity contribution is 14.1. The van der Waals surface area contributed by atoms with Crippen molar-refractivity contribution in [2.75, 3.05) is 5.32 Å². The first-order chi connectivity index (χ1) is 8.15. The van der Waals surface area contributed by atoms with Gasteiger partial charge in [0.25, 0.3) is 0 Å². The summed E-state index contributed by atoms with van der Waals surface area (Å²) in [5, 5.41) is 6.63. The minimum atomic E-state index is -0.320. The fourth-order valence-corrected chi connectivity index (χ4v) is 1.93. The molecule has 0 aliphatic rings. The van der Waals surface area contributed by atoms with E-state index in [0.717, 1.165) is 0 Å². The van der Waals surface area contributed by atoms with Crippen LogP contribution in [0.4, 0.5) is 10.1 Å². The van der Waals surface area contributed by atoms with E-state index in [1.54, 1.807) is 18.5 Å². The van der Waals surface area contributed by atoms with Crippen LogP contribution in [0.2, 0.25) is 0 Å². The number of carbonyl (C=O) groups excluding carboxylic acids is 1. The lowest BCUT2D eigenvalue weighted by Crippen LogP contribution is -2.19. The average Bonchev–Trinajstić information content (AvgIpc) is 2.75. The predicted molar refractivity (Wildman–Crippen MR) is 70.0 cm³/mol. The number of rotatable bonds is 3. The maximum absolute atomic E-state index is 12.9. The molecule has 1 amide bonds. The first kappa shape index (κ1) is 12.0. The minimum Gasteiger partial charge on any atom is -0.324 e. The summed E-state index contributed by atoms with van der Waals surface area (Å²) in [4.78, 5) is 11.6. The van der Waals surface area contributed by atoms with Crippen molar-refractivity contribution < 1.29 is 9.18 Å². The van der Waals surface area contributed by atoms with Gasteiger partial charge in [-0.3, -0.25) is 9.48 Å². The van der Waals surface area contributed by atoms with Gasteiger partial charge in [0.15, 0.2) is 0 Å². The first-order valence-corrected chi connectivity index (χ1v) is 5.95. The van der Waals surface area contributed by atoms with Crippen molar-refractivity contribution in [1.82, 2.24) is 9.78 Å². The number of hydrogen-bond acceptors (Lipinski definition) is 2. The van der Waals surface area contributed by atoms with Crippen LogP contribution in [0, 0.1) is 9.39 Å². The quantitative estimate of drug-likeness (QED) is 0.868. The summed E-state index contributed by atoms with van der Waals surface area (Å²) in [6.45, 7) is 0.139. The van der Waals surface area contributed by atoms with Crippen LogP contribution in [0.25, 0.3) is 0 Å². The maximum Gasteiger partial charge on any atom is 0.246 e. The molecular weight excluding hydrogens is 336 g/mol. The molecule has 0 fully saturated rings. The van der Waals surface area contributed by atoms with Gasteiger partial charge in [-0.25, -0.2) is 4.39 Å². The summed E-state index contributed by atoms with van der Waals surface area (Å²) in [5.41, 5.74) is 0.601. The molecule has 0 spiro atoms. The molecule has 17 heavy (non-hydrogen) atoms. The fourth-order valence-electron chi connectivity index (χ4n) is 1.32. The zero-order valence-electron chi connectivity index (χ0n) is 8.73. The molecule has 0 saturated carbocycles. The summed E-state index contributed by atoms with van der Waals surface area (Å²) < 4.78 is 15.0. The first-order valence-electron chi connectivity index (χ1n) is 4.87. The molecule has 1 heterocycles. The third-order valence-electron chi connectivity index (χ3n) is 2.07. The standard InChI is InChI=1S/C11H9FIN3O/c12-8-2-3-10(9(13)6-8)15-11(17)7-16-5-1-4-14-16/h1-6H,7H2,(H,15,17). The largest absolute Gasteiger partial charge is 0.324 e. The lowest BCUT2D eigenvalue weighted by Gasteiger charge is -2.07. The van der Waals surface area contributed by atoms with E-state index in [9.17, 15) is 9.18 Å². The Kier molecular flexibility index (Phi) is 3.72. The van der Waals surface area contributed by atoms with Crippen LogP contribution in [0.1, 0.15) is 0 Å². The second-order valence-electron chi connectivity index (χ2n) is 3.38. The van der Waals surface area contributed by atoms with Crippen LogP contribution < -0.4 is 5.32 Å². The highest BCUT2D eigenvalue weighted by atomic mass is 127. The number of nitrogens with zero attached hydrogens (tertiary/aromatic N) is 2. The van der Waals surface area contributed by atoms with Gasteiger partial charge in [-0.1, -0.05) is 0 Å². The summed E-state index contributed by atoms with van der Waals surface area (Å²) in [5.74, 6) is -0.516. The van der Waals surface area contributed by atoms with Gasteiger partial charge in [0, 0.05) is 16.0 Å². The minimum absolute atomic E-state index is 0.139. The lowest BCUT2D eigenvalue weighted by atomic mass is 10.3. The van der Waals surface area contributed by atoms with Crippen LogP contribution in [0.5, 0.6) is 0 Å². The van der Waals surface area contributed by atoms with Crippen LogP contribution in [-0.2, 0) is 11.3 Å². The number of benzene rings is 1. The Hall–Kier alpha value is -1.44. The number of nitrogens with one attached hydrogen (secondary N) is 1. The Morgan fingerprint density at radius 3 is 3.00 bits per heavy atom. The Labute approximate surface area is 111 Å². The third-order valence-corrected chi connectivity index (χ3v) is 2.96. The molecule has 0 atom stereocenters. The van der Waals surface area contributed by atoms with Crippen molar-refractivity contribution in [2.24, 2.45) is 0 Å². The Balaban J connectivity index is 2.03. The molecule has 0 unspecified atom stereocenters. The molecule has 4 nitrogen and oxygen atoms in total. The molecule has 1 aromatic heterocycles. The highest BCUT2D eigenvalue weighted by Gasteiger charge is 2.07. The third kappa shape index (κ3) is 3.26. The number of carbonyl (C=O) groups is 1. The molecule has 2 rings (SSSR count). The van der Waals surface area contributed by atoms with E-state index in [2.05, 4.69) is 10.4 Å². The van der Waals surface area contributed by atoms with Gasteiger partial charge in [-0.2, -0.15) is 5.10 Å². The van der Waals surface area contributed by atoms with Gasteiger partial charge in [-0.05, 0) is 46.9 Å². The Bertz CT molecular complexity index is 528. The van der Waals surface area contributed by atoms with Crippen LogP contribution in [-0.4, -0.2) is 15.7 Å². The molecule has 0 aliphatic heterocycles. The highest BCUT2D eigenvalue weighted by Crippen LogP contribution is 2.18. The number of hydrogen-bond donors (Lipinski definition) is 1. The topological polar surface area (TPSA) is 46.9 Å². The summed E-state index contributed by atoms with van der Waals surface area (Å²) in [6, 6.07) is 5.96. The monoisotopic (exact) mass is 345 g/mol. The van der Waals surface area contributed by atoms with Crippen molar-refractivity contribution in [2.45, 2.75) is 6.54 Å².